The predicted octanol–water partition coefficient (Wildman–Crippen LogP) is 5.64. The van der Waals surface area contributed by atoms with Gasteiger partial charge in [-0.2, -0.15) is 0 Å². The lowest BCUT2D eigenvalue weighted by Gasteiger charge is -2.16. The molecule has 0 aliphatic rings. The highest BCUT2D eigenvalue weighted by Crippen LogP contribution is 2.30. The minimum atomic E-state index is 0.211. The topological polar surface area (TPSA) is 25.2 Å². The smallest absolute Gasteiger partial charge is 0.135 e. The highest BCUT2D eigenvalue weighted by molar-refractivity contribution is 9.10. The maximum absolute atomic E-state index is 5.60. The summed E-state index contributed by atoms with van der Waals surface area (Å²) in [5, 5.41) is 3.54. The monoisotopic (exact) mass is 417 g/mol. The Morgan fingerprint density at radius 1 is 1.30 bits per heavy atom. The van der Waals surface area contributed by atoms with Gasteiger partial charge >= 0.3 is 0 Å². The van der Waals surface area contributed by atoms with Crippen LogP contribution in [0.15, 0.2) is 54.9 Å². The molecule has 1 N–H and O–H groups in total. The first-order valence-electron chi connectivity index (χ1n) is 6.55. The number of halogens is 2. The van der Waals surface area contributed by atoms with Crippen LogP contribution in [-0.4, -0.2) is 12.3 Å². The summed E-state index contributed by atoms with van der Waals surface area (Å²) in [6, 6.07) is 10.5. The highest BCUT2D eigenvalue weighted by Gasteiger charge is 2.17. The average molecular weight is 419 g/mol. The van der Waals surface area contributed by atoms with Crippen LogP contribution in [0.2, 0.25) is 0 Å². The van der Waals surface area contributed by atoms with Gasteiger partial charge in [0, 0.05) is 15.1 Å². The van der Waals surface area contributed by atoms with Crippen LogP contribution in [0.1, 0.15) is 25.1 Å². The lowest BCUT2D eigenvalue weighted by molar-refractivity contribution is 0.433. The Balaban J connectivity index is 2.03. The molecule has 0 saturated heterocycles. The number of hydrogen-bond donors (Lipinski definition) is 1. The SMILES string of the molecule is CCCNC(CSc1cccc(Br)c1)c1occc1Br. The van der Waals surface area contributed by atoms with Crippen LogP contribution in [0, 0.1) is 0 Å². The summed E-state index contributed by atoms with van der Waals surface area (Å²) in [4.78, 5) is 1.25. The van der Waals surface area contributed by atoms with Crippen molar-refractivity contribution >= 4 is 43.6 Å². The van der Waals surface area contributed by atoms with Gasteiger partial charge in [0.15, 0.2) is 0 Å². The van der Waals surface area contributed by atoms with Crippen molar-refractivity contribution in [3.8, 4) is 0 Å². The van der Waals surface area contributed by atoms with E-state index in [0.29, 0.717) is 0 Å². The number of furan rings is 1. The third-order valence-electron chi connectivity index (χ3n) is 2.81. The molecule has 0 saturated carbocycles. The quantitative estimate of drug-likeness (QED) is 0.589. The van der Waals surface area contributed by atoms with Crippen LogP contribution in [0.3, 0.4) is 0 Å². The maximum atomic E-state index is 5.60. The fourth-order valence-corrected chi connectivity index (χ4v) is 3.88. The number of rotatable bonds is 7. The van der Waals surface area contributed by atoms with Gasteiger partial charge in [-0.05, 0) is 53.2 Å². The number of nitrogens with one attached hydrogen (secondary N) is 1. The van der Waals surface area contributed by atoms with Crippen LogP contribution < -0.4 is 5.32 Å². The van der Waals surface area contributed by atoms with E-state index in [1.165, 1.54) is 4.90 Å². The Hall–Kier alpha value is -0.230. The number of hydrogen-bond acceptors (Lipinski definition) is 3. The molecule has 0 spiro atoms. The Morgan fingerprint density at radius 3 is 2.80 bits per heavy atom. The number of thioether (sulfide) groups is 1. The maximum Gasteiger partial charge on any atom is 0.135 e. The zero-order valence-corrected chi connectivity index (χ0v) is 15.2. The van der Waals surface area contributed by atoms with E-state index in [1.807, 2.05) is 23.9 Å². The number of benzene rings is 1. The molecule has 0 amide bonds. The molecule has 1 unspecified atom stereocenters. The minimum absolute atomic E-state index is 0.211. The summed E-state index contributed by atoms with van der Waals surface area (Å²) in [5.74, 6) is 1.91. The molecule has 2 rings (SSSR count). The summed E-state index contributed by atoms with van der Waals surface area (Å²) < 4.78 is 7.74. The average Bonchev–Trinajstić information content (AvgIpc) is 2.85. The predicted molar refractivity (Wildman–Crippen MR) is 92.3 cm³/mol. The molecular weight excluding hydrogens is 402 g/mol. The lowest BCUT2D eigenvalue weighted by Crippen LogP contribution is -2.24. The Kier molecular flexibility index (Phi) is 6.68. The summed E-state index contributed by atoms with van der Waals surface area (Å²) in [5.41, 5.74) is 0. The molecule has 0 radical (unpaired) electrons. The second kappa shape index (κ2) is 8.27. The van der Waals surface area contributed by atoms with Gasteiger partial charge in [0.25, 0.3) is 0 Å². The summed E-state index contributed by atoms with van der Waals surface area (Å²) in [6.07, 6.45) is 2.83. The zero-order valence-electron chi connectivity index (χ0n) is 11.2. The van der Waals surface area contributed by atoms with E-state index < -0.39 is 0 Å². The van der Waals surface area contributed by atoms with Crippen molar-refractivity contribution in [2.75, 3.05) is 12.3 Å². The first kappa shape index (κ1) is 16.1. The minimum Gasteiger partial charge on any atom is -0.466 e. The lowest BCUT2D eigenvalue weighted by atomic mass is 10.2. The molecule has 2 aromatic rings. The van der Waals surface area contributed by atoms with E-state index >= 15 is 0 Å². The van der Waals surface area contributed by atoms with Crippen molar-refractivity contribution < 1.29 is 4.42 Å². The molecule has 1 heterocycles. The van der Waals surface area contributed by atoms with E-state index in [0.717, 1.165) is 33.4 Å². The van der Waals surface area contributed by atoms with E-state index in [4.69, 9.17) is 4.42 Å². The van der Waals surface area contributed by atoms with Crippen molar-refractivity contribution in [1.82, 2.24) is 5.32 Å². The molecule has 0 aliphatic carbocycles. The van der Waals surface area contributed by atoms with E-state index in [1.54, 1.807) is 6.26 Å². The van der Waals surface area contributed by atoms with Crippen LogP contribution in [0.25, 0.3) is 0 Å². The van der Waals surface area contributed by atoms with Crippen LogP contribution in [-0.2, 0) is 0 Å². The van der Waals surface area contributed by atoms with E-state index in [-0.39, 0.29) is 6.04 Å². The van der Waals surface area contributed by atoms with Gasteiger partial charge in [0.1, 0.15) is 5.76 Å². The largest absolute Gasteiger partial charge is 0.466 e. The second-order valence-electron chi connectivity index (χ2n) is 4.41. The third-order valence-corrected chi connectivity index (χ3v) is 5.05. The summed E-state index contributed by atoms with van der Waals surface area (Å²) in [6.45, 7) is 3.15. The molecule has 1 atom stereocenters. The van der Waals surface area contributed by atoms with Crippen LogP contribution >= 0.6 is 43.6 Å². The van der Waals surface area contributed by atoms with Crippen LogP contribution in [0.5, 0.6) is 0 Å². The Morgan fingerprint density at radius 2 is 2.15 bits per heavy atom. The standard InChI is InChI=1S/C15H17Br2NOS/c1-2-7-18-14(15-13(17)6-8-19-15)10-20-12-5-3-4-11(16)9-12/h3-6,8-9,14,18H,2,7,10H2,1H3. The Bertz CT molecular complexity index is 544. The fraction of sp³-hybridized carbons (Fsp3) is 0.333. The van der Waals surface area contributed by atoms with Gasteiger partial charge in [-0.3, -0.25) is 0 Å². The van der Waals surface area contributed by atoms with Crippen LogP contribution in [0.4, 0.5) is 0 Å². The summed E-state index contributed by atoms with van der Waals surface area (Å²) >= 11 is 8.88. The van der Waals surface area contributed by atoms with Gasteiger partial charge in [-0.15, -0.1) is 11.8 Å². The molecule has 2 nitrogen and oxygen atoms in total. The van der Waals surface area contributed by atoms with Crippen molar-refractivity contribution in [3.63, 3.8) is 0 Å². The van der Waals surface area contributed by atoms with Gasteiger partial charge in [0.2, 0.25) is 0 Å². The first-order chi connectivity index (χ1) is 9.70. The molecule has 108 valence electrons. The molecule has 0 bridgehead atoms. The summed E-state index contributed by atoms with van der Waals surface area (Å²) in [7, 11) is 0. The molecule has 20 heavy (non-hydrogen) atoms. The van der Waals surface area contributed by atoms with Gasteiger partial charge in [0.05, 0.1) is 16.8 Å². The second-order valence-corrected chi connectivity index (χ2v) is 7.27. The third kappa shape index (κ3) is 4.65. The van der Waals surface area contributed by atoms with Crippen molar-refractivity contribution in [2.45, 2.75) is 24.3 Å². The van der Waals surface area contributed by atoms with Gasteiger partial charge < -0.3 is 9.73 Å². The van der Waals surface area contributed by atoms with Crippen molar-refractivity contribution in [1.29, 1.82) is 0 Å². The van der Waals surface area contributed by atoms with Crippen molar-refractivity contribution in [3.05, 3.63) is 51.3 Å². The molecule has 0 fully saturated rings. The molecular formula is C15H17Br2NOS. The van der Waals surface area contributed by atoms with E-state index in [9.17, 15) is 0 Å². The zero-order chi connectivity index (χ0) is 14.4. The highest BCUT2D eigenvalue weighted by atomic mass is 79.9. The normalized spacial score (nSPS) is 12.6. The van der Waals surface area contributed by atoms with Crippen molar-refractivity contribution in [2.24, 2.45) is 0 Å². The molecule has 5 heteroatoms. The molecule has 1 aromatic heterocycles. The molecule has 1 aromatic carbocycles. The fourth-order valence-electron chi connectivity index (χ4n) is 1.84. The van der Waals surface area contributed by atoms with E-state index in [2.05, 4.69) is 62.3 Å². The van der Waals surface area contributed by atoms with Gasteiger partial charge in [-0.1, -0.05) is 28.9 Å². The molecule has 0 aliphatic heterocycles. The Labute approximate surface area is 141 Å². The van der Waals surface area contributed by atoms with Gasteiger partial charge in [-0.25, -0.2) is 0 Å². The first-order valence-corrected chi connectivity index (χ1v) is 9.12.